The van der Waals surface area contributed by atoms with Gasteiger partial charge >= 0.3 is 5.97 Å². The van der Waals surface area contributed by atoms with E-state index in [1.807, 2.05) is 13.0 Å². The van der Waals surface area contributed by atoms with Gasteiger partial charge in [0.05, 0.1) is 9.90 Å². The molecule has 0 bridgehead atoms. The Kier molecular flexibility index (Phi) is 5.63. The second kappa shape index (κ2) is 7.47. The van der Waals surface area contributed by atoms with Crippen LogP contribution >= 0.6 is 22.9 Å². The van der Waals surface area contributed by atoms with Crippen molar-refractivity contribution in [3.8, 4) is 10.4 Å². The number of aromatic nitrogens is 1. The van der Waals surface area contributed by atoms with E-state index in [1.54, 1.807) is 18.5 Å². The van der Waals surface area contributed by atoms with Crippen molar-refractivity contribution in [2.75, 3.05) is 0 Å². The maximum atomic E-state index is 12.4. The van der Waals surface area contributed by atoms with Crippen molar-refractivity contribution in [1.82, 2.24) is 10.3 Å². The van der Waals surface area contributed by atoms with E-state index in [0.29, 0.717) is 21.9 Å². The fraction of sp³-hybridized carbons (Fsp3) is 0.333. The first-order chi connectivity index (χ1) is 10.5. The van der Waals surface area contributed by atoms with E-state index in [-0.39, 0.29) is 0 Å². The van der Waals surface area contributed by atoms with Crippen molar-refractivity contribution in [3.05, 3.63) is 34.4 Å². The summed E-state index contributed by atoms with van der Waals surface area (Å²) in [5.74, 6) is -1.41. The third kappa shape index (κ3) is 3.90. The molecule has 2 aromatic heterocycles. The van der Waals surface area contributed by atoms with Gasteiger partial charge in [-0.3, -0.25) is 4.79 Å². The number of H-pyrrole nitrogens is 1. The van der Waals surface area contributed by atoms with Crippen LogP contribution in [0.3, 0.4) is 0 Å². The molecular weight excluding hydrogens is 324 g/mol. The van der Waals surface area contributed by atoms with Crippen LogP contribution in [-0.4, -0.2) is 28.0 Å². The number of unbranched alkanes of at least 4 members (excludes halogenated alkanes) is 1. The zero-order valence-electron chi connectivity index (χ0n) is 12.1. The molecule has 7 heteroatoms. The van der Waals surface area contributed by atoms with E-state index in [2.05, 4.69) is 10.3 Å². The molecule has 0 aromatic carbocycles. The molecule has 2 aromatic rings. The van der Waals surface area contributed by atoms with Gasteiger partial charge in [0.1, 0.15) is 6.04 Å². The summed E-state index contributed by atoms with van der Waals surface area (Å²) in [5.41, 5.74) is 1.13. The molecule has 0 saturated carbocycles. The van der Waals surface area contributed by atoms with E-state index in [9.17, 15) is 14.7 Å². The van der Waals surface area contributed by atoms with E-state index < -0.39 is 17.9 Å². The summed E-state index contributed by atoms with van der Waals surface area (Å²) in [5, 5.41) is 11.8. The van der Waals surface area contributed by atoms with Gasteiger partial charge in [-0.2, -0.15) is 0 Å². The minimum atomic E-state index is -1.02. The van der Waals surface area contributed by atoms with Crippen LogP contribution in [0.15, 0.2) is 24.5 Å². The number of rotatable bonds is 7. The highest BCUT2D eigenvalue weighted by Gasteiger charge is 2.22. The number of amides is 1. The molecule has 118 valence electrons. The highest BCUT2D eigenvalue weighted by Crippen LogP contribution is 2.33. The Morgan fingerprint density at radius 3 is 2.77 bits per heavy atom. The van der Waals surface area contributed by atoms with Crippen LogP contribution in [0.5, 0.6) is 0 Å². The molecule has 1 unspecified atom stereocenters. The standard InChI is InChI=1S/C15H17ClN2O3S/c1-2-3-4-11(15(20)21)18-14(19)10-8-17-7-9(10)12-5-6-13(16)22-12/h5-8,11,17H,2-4H2,1H3,(H,18,19)(H,20,21). The summed E-state index contributed by atoms with van der Waals surface area (Å²) < 4.78 is 0.633. The summed E-state index contributed by atoms with van der Waals surface area (Å²) in [6.45, 7) is 1.98. The number of hydrogen-bond acceptors (Lipinski definition) is 3. The van der Waals surface area contributed by atoms with Crippen molar-refractivity contribution in [2.45, 2.75) is 32.2 Å². The van der Waals surface area contributed by atoms with Gasteiger partial charge < -0.3 is 15.4 Å². The number of carbonyl (C=O) groups excluding carboxylic acids is 1. The molecule has 22 heavy (non-hydrogen) atoms. The molecule has 0 saturated heterocycles. The van der Waals surface area contributed by atoms with E-state index >= 15 is 0 Å². The van der Waals surface area contributed by atoms with Gasteiger partial charge in [-0.1, -0.05) is 31.4 Å². The maximum absolute atomic E-state index is 12.4. The molecule has 0 fully saturated rings. The lowest BCUT2D eigenvalue weighted by molar-refractivity contribution is -0.139. The Hall–Kier alpha value is -1.79. The molecule has 0 aliphatic heterocycles. The van der Waals surface area contributed by atoms with Crippen molar-refractivity contribution >= 4 is 34.8 Å². The van der Waals surface area contributed by atoms with Crippen molar-refractivity contribution < 1.29 is 14.7 Å². The Morgan fingerprint density at radius 2 is 2.18 bits per heavy atom. The van der Waals surface area contributed by atoms with Crippen molar-refractivity contribution in [3.63, 3.8) is 0 Å². The molecule has 1 amide bonds. The predicted octanol–water partition coefficient (Wildman–Crippen LogP) is 3.77. The van der Waals surface area contributed by atoms with Crippen molar-refractivity contribution in [1.29, 1.82) is 0 Å². The third-order valence-electron chi connectivity index (χ3n) is 3.28. The van der Waals surface area contributed by atoms with Gasteiger partial charge in [-0.05, 0) is 18.6 Å². The average molecular weight is 341 g/mol. The van der Waals surface area contributed by atoms with Crippen molar-refractivity contribution in [2.24, 2.45) is 0 Å². The minimum Gasteiger partial charge on any atom is -0.480 e. The van der Waals surface area contributed by atoms with Crippen LogP contribution in [0.2, 0.25) is 4.34 Å². The van der Waals surface area contributed by atoms with Crippen LogP contribution in [0, 0.1) is 0 Å². The molecular formula is C15H17ClN2O3S. The quantitative estimate of drug-likeness (QED) is 0.717. The van der Waals surface area contributed by atoms with Crippen LogP contribution in [0.4, 0.5) is 0 Å². The van der Waals surface area contributed by atoms with Crippen LogP contribution in [0.25, 0.3) is 10.4 Å². The first kappa shape index (κ1) is 16.6. The number of aromatic amines is 1. The Labute approximate surface area is 137 Å². The van der Waals surface area contributed by atoms with Gasteiger partial charge in [-0.15, -0.1) is 11.3 Å². The van der Waals surface area contributed by atoms with Crippen LogP contribution in [-0.2, 0) is 4.79 Å². The summed E-state index contributed by atoms with van der Waals surface area (Å²) in [7, 11) is 0. The summed E-state index contributed by atoms with van der Waals surface area (Å²) in [6.07, 6.45) is 5.32. The number of carboxylic acid groups (broad SMARTS) is 1. The first-order valence-corrected chi connectivity index (χ1v) is 8.18. The number of nitrogens with one attached hydrogen (secondary N) is 2. The summed E-state index contributed by atoms with van der Waals surface area (Å²) in [4.78, 5) is 27.3. The first-order valence-electron chi connectivity index (χ1n) is 6.99. The zero-order valence-corrected chi connectivity index (χ0v) is 13.6. The van der Waals surface area contributed by atoms with Gasteiger partial charge in [0.15, 0.2) is 0 Å². The summed E-state index contributed by atoms with van der Waals surface area (Å²) >= 11 is 7.29. The molecule has 0 radical (unpaired) electrons. The van der Waals surface area contributed by atoms with Gasteiger partial charge in [0.2, 0.25) is 0 Å². The number of carboxylic acids is 1. The average Bonchev–Trinajstić information content (AvgIpc) is 3.11. The van der Waals surface area contributed by atoms with Crippen LogP contribution < -0.4 is 5.32 Å². The Bertz CT molecular complexity index is 665. The van der Waals surface area contributed by atoms with Gasteiger partial charge in [0, 0.05) is 22.8 Å². The zero-order chi connectivity index (χ0) is 16.1. The van der Waals surface area contributed by atoms with Gasteiger partial charge in [0.25, 0.3) is 5.91 Å². The number of carbonyl (C=O) groups is 2. The minimum absolute atomic E-state index is 0.399. The molecule has 0 aliphatic carbocycles. The predicted molar refractivity (Wildman–Crippen MR) is 87.5 cm³/mol. The normalized spacial score (nSPS) is 12.1. The monoisotopic (exact) mass is 340 g/mol. The molecule has 0 aliphatic rings. The Morgan fingerprint density at radius 1 is 1.41 bits per heavy atom. The molecule has 2 rings (SSSR count). The van der Waals surface area contributed by atoms with Crippen LogP contribution in [0.1, 0.15) is 36.5 Å². The molecule has 0 spiro atoms. The largest absolute Gasteiger partial charge is 0.480 e. The van der Waals surface area contributed by atoms with Gasteiger partial charge in [-0.25, -0.2) is 4.79 Å². The maximum Gasteiger partial charge on any atom is 0.326 e. The lowest BCUT2D eigenvalue weighted by atomic mass is 10.1. The molecule has 5 nitrogen and oxygen atoms in total. The second-order valence-corrected chi connectivity index (χ2v) is 6.61. The number of hydrogen-bond donors (Lipinski definition) is 3. The number of halogens is 1. The smallest absolute Gasteiger partial charge is 0.326 e. The molecule has 1 atom stereocenters. The lowest BCUT2D eigenvalue weighted by Crippen LogP contribution is -2.40. The highest BCUT2D eigenvalue weighted by atomic mass is 35.5. The van der Waals surface area contributed by atoms with E-state index in [0.717, 1.165) is 17.7 Å². The Balaban J connectivity index is 2.16. The SMILES string of the molecule is CCCCC(NC(=O)c1c[nH]cc1-c1ccc(Cl)s1)C(=O)O. The number of aliphatic carboxylic acids is 1. The third-order valence-corrected chi connectivity index (χ3v) is 4.54. The topological polar surface area (TPSA) is 82.2 Å². The second-order valence-electron chi connectivity index (χ2n) is 4.89. The fourth-order valence-electron chi connectivity index (χ4n) is 2.12. The molecule has 2 heterocycles. The molecule has 3 N–H and O–H groups in total. The fourth-order valence-corrected chi connectivity index (χ4v) is 3.19. The lowest BCUT2D eigenvalue weighted by Gasteiger charge is -2.14. The number of thiophene rings is 1. The highest BCUT2D eigenvalue weighted by molar-refractivity contribution is 7.19. The van der Waals surface area contributed by atoms with E-state index in [1.165, 1.54) is 11.3 Å². The summed E-state index contributed by atoms with van der Waals surface area (Å²) in [6, 6.07) is 2.72. The van der Waals surface area contributed by atoms with E-state index in [4.69, 9.17) is 11.6 Å².